The summed E-state index contributed by atoms with van der Waals surface area (Å²) in [6, 6.07) is 14.8. The first-order valence-corrected chi connectivity index (χ1v) is 18.1. The van der Waals surface area contributed by atoms with E-state index in [1.807, 2.05) is 111 Å². The standard InChI is InChI=1S/C40H47N7O5/c1-40(2,3)52-39(50)47-21-11-17-32(47)36(48)42-28-15-9-14-27(22-28)37-41-24-33(51-37)26-18-19-29-30(23-26)44-35(43-29)31-16-10-20-46(31)38(49)34(45(4)5)25-12-7-6-8-13-25/h6-9,12-15,18-19,23-24,27,31-32,34H,10-11,16-17,20-22H2,1-5H3,(H,42,48)(H,43,44)/t27?,31-,32-,34+/m0/s1. The number of carbonyl (C=O) groups excluding carboxylic acids is 3. The maximum absolute atomic E-state index is 13.9. The highest BCUT2D eigenvalue weighted by Crippen LogP contribution is 2.36. The second-order valence-electron chi connectivity index (χ2n) is 15.1. The molecule has 12 heteroatoms. The Morgan fingerprint density at radius 3 is 2.58 bits per heavy atom. The van der Waals surface area contributed by atoms with Crippen molar-refractivity contribution in [1.82, 2.24) is 35.0 Å². The van der Waals surface area contributed by atoms with E-state index in [9.17, 15) is 14.4 Å². The maximum atomic E-state index is 13.9. The molecule has 2 aromatic carbocycles. The highest BCUT2D eigenvalue weighted by molar-refractivity contribution is 5.87. The summed E-state index contributed by atoms with van der Waals surface area (Å²) in [4.78, 5) is 58.5. The van der Waals surface area contributed by atoms with Gasteiger partial charge in [-0.15, -0.1) is 0 Å². The quantitative estimate of drug-likeness (QED) is 0.209. The molecule has 0 bridgehead atoms. The SMILES string of the molecule is CN(C)[C@@H](C(=O)N1CCC[C@H]1c1nc2cc(-c3cnc(C4C=CC=C(NC(=O)[C@@H]5CCCN5C(=O)OC(C)(C)C)C4)o3)ccc2[nH]1)c1ccccc1. The molecule has 2 fully saturated rings. The van der Waals surface area contributed by atoms with Gasteiger partial charge in [0.1, 0.15) is 23.5 Å². The van der Waals surface area contributed by atoms with E-state index in [1.165, 1.54) is 4.90 Å². The highest BCUT2D eigenvalue weighted by atomic mass is 16.6. The molecule has 3 amide bonds. The number of likely N-dealkylation sites (tertiary alicyclic amines) is 2. The molecule has 3 aliphatic rings. The molecular formula is C40H47N7O5. The zero-order valence-electron chi connectivity index (χ0n) is 30.5. The van der Waals surface area contributed by atoms with Crippen molar-refractivity contribution < 1.29 is 23.5 Å². The summed E-state index contributed by atoms with van der Waals surface area (Å²) < 4.78 is 11.8. The van der Waals surface area contributed by atoms with Crippen LogP contribution in [0.3, 0.4) is 0 Å². The minimum Gasteiger partial charge on any atom is -0.444 e. The molecule has 0 spiro atoms. The summed E-state index contributed by atoms with van der Waals surface area (Å²) in [7, 11) is 3.88. The predicted octanol–water partition coefficient (Wildman–Crippen LogP) is 6.63. The van der Waals surface area contributed by atoms with Crippen molar-refractivity contribution in [3.8, 4) is 11.3 Å². The van der Waals surface area contributed by atoms with Gasteiger partial charge in [0.2, 0.25) is 17.7 Å². The number of ether oxygens (including phenoxy) is 1. The fourth-order valence-corrected chi connectivity index (χ4v) is 7.46. The van der Waals surface area contributed by atoms with Gasteiger partial charge in [0.15, 0.2) is 5.76 Å². The molecule has 1 unspecified atom stereocenters. The number of H-pyrrole nitrogens is 1. The van der Waals surface area contributed by atoms with Crippen LogP contribution < -0.4 is 5.32 Å². The van der Waals surface area contributed by atoms with Crippen LogP contribution in [0.1, 0.15) is 88.2 Å². The van der Waals surface area contributed by atoms with Crippen LogP contribution in [-0.4, -0.2) is 86.4 Å². The number of likely N-dealkylation sites (N-methyl/N-ethyl adjacent to an activating group) is 1. The van der Waals surface area contributed by atoms with E-state index in [-0.39, 0.29) is 29.8 Å². The van der Waals surface area contributed by atoms with Gasteiger partial charge in [-0.05, 0) is 90.4 Å². The highest BCUT2D eigenvalue weighted by Gasteiger charge is 2.38. The normalized spacial score (nSPS) is 21.1. The molecule has 1 aliphatic carbocycles. The Hall–Kier alpha value is -5.23. The number of fused-ring (bicyclic) bond motifs is 1. The van der Waals surface area contributed by atoms with Crippen LogP contribution in [0.4, 0.5) is 4.79 Å². The van der Waals surface area contributed by atoms with Gasteiger partial charge >= 0.3 is 6.09 Å². The van der Waals surface area contributed by atoms with Crippen LogP contribution in [0.2, 0.25) is 0 Å². The van der Waals surface area contributed by atoms with Crippen molar-refractivity contribution in [3.63, 3.8) is 0 Å². The Morgan fingerprint density at radius 1 is 1.04 bits per heavy atom. The fraction of sp³-hybridized carbons (Fsp3) is 0.425. The van der Waals surface area contributed by atoms with Gasteiger partial charge in [-0.25, -0.2) is 14.8 Å². The van der Waals surface area contributed by atoms with Gasteiger partial charge in [-0.1, -0.05) is 42.5 Å². The third-order valence-corrected chi connectivity index (χ3v) is 9.89. The number of nitrogens with one attached hydrogen (secondary N) is 2. The van der Waals surface area contributed by atoms with Crippen LogP contribution in [0.15, 0.2) is 83.1 Å². The summed E-state index contributed by atoms with van der Waals surface area (Å²) in [6.45, 7) is 6.63. The molecule has 272 valence electrons. The third-order valence-electron chi connectivity index (χ3n) is 9.89. The number of oxazole rings is 1. The minimum atomic E-state index is -0.634. The van der Waals surface area contributed by atoms with Crippen molar-refractivity contribution in [2.24, 2.45) is 0 Å². The van der Waals surface area contributed by atoms with E-state index in [4.69, 9.17) is 14.1 Å². The monoisotopic (exact) mass is 705 g/mol. The molecule has 4 heterocycles. The number of hydrogen-bond donors (Lipinski definition) is 2. The van der Waals surface area contributed by atoms with Gasteiger partial charge in [0, 0.05) is 30.8 Å². The molecule has 2 aromatic heterocycles. The van der Waals surface area contributed by atoms with Crippen molar-refractivity contribution in [2.45, 2.75) is 82.5 Å². The molecule has 0 radical (unpaired) electrons. The molecule has 4 aromatic rings. The largest absolute Gasteiger partial charge is 0.444 e. The predicted molar refractivity (Wildman–Crippen MR) is 197 cm³/mol. The summed E-state index contributed by atoms with van der Waals surface area (Å²) in [5.74, 6) is 1.62. The second-order valence-corrected chi connectivity index (χ2v) is 15.1. The molecule has 7 rings (SSSR count). The van der Waals surface area contributed by atoms with E-state index >= 15 is 0 Å². The topological polar surface area (TPSA) is 137 Å². The molecule has 12 nitrogen and oxygen atoms in total. The van der Waals surface area contributed by atoms with E-state index in [1.54, 1.807) is 6.20 Å². The number of rotatable bonds is 8. The number of nitrogens with zero attached hydrogens (tertiary/aromatic N) is 5. The summed E-state index contributed by atoms with van der Waals surface area (Å²) in [6.07, 6.45) is 10.6. The van der Waals surface area contributed by atoms with Gasteiger partial charge in [0.25, 0.3) is 0 Å². The molecule has 4 atom stereocenters. The van der Waals surface area contributed by atoms with Gasteiger partial charge in [-0.3, -0.25) is 19.4 Å². The first kappa shape index (κ1) is 35.2. The van der Waals surface area contributed by atoms with Crippen LogP contribution in [0.5, 0.6) is 0 Å². The number of benzene rings is 2. The first-order chi connectivity index (χ1) is 24.9. The average Bonchev–Trinajstić information content (AvgIpc) is 3.93. The van der Waals surface area contributed by atoms with E-state index in [0.717, 1.165) is 52.9 Å². The number of amides is 3. The van der Waals surface area contributed by atoms with Crippen molar-refractivity contribution >= 4 is 28.9 Å². The van der Waals surface area contributed by atoms with Crippen molar-refractivity contribution in [3.05, 3.63) is 95.9 Å². The lowest BCUT2D eigenvalue weighted by atomic mass is 9.98. The zero-order chi connectivity index (χ0) is 36.6. The summed E-state index contributed by atoms with van der Waals surface area (Å²) >= 11 is 0. The van der Waals surface area contributed by atoms with Crippen molar-refractivity contribution in [2.75, 3.05) is 27.2 Å². The van der Waals surface area contributed by atoms with Gasteiger partial charge in [0.05, 0.1) is 29.2 Å². The Labute approximate surface area is 303 Å². The van der Waals surface area contributed by atoms with Crippen LogP contribution in [0.25, 0.3) is 22.4 Å². The number of aromatic nitrogens is 3. The molecular weight excluding hydrogens is 658 g/mol. The van der Waals surface area contributed by atoms with E-state index < -0.39 is 17.7 Å². The Morgan fingerprint density at radius 2 is 1.81 bits per heavy atom. The lowest BCUT2D eigenvalue weighted by Crippen LogP contribution is -2.47. The molecule has 2 aliphatic heterocycles. The second kappa shape index (κ2) is 14.4. The van der Waals surface area contributed by atoms with Crippen LogP contribution in [-0.2, 0) is 14.3 Å². The number of aromatic amines is 1. The van der Waals surface area contributed by atoms with Crippen LogP contribution >= 0.6 is 0 Å². The number of hydrogen-bond acceptors (Lipinski definition) is 8. The van der Waals surface area contributed by atoms with Gasteiger partial charge < -0.3 is 24.4 Å². The minimum absolute atomic E-state index is 0.0738. The number of imidazole rings is 1. The first-order valence-electron chi connectivity index (χ1n) is 18.1. The zero-order valence-corrected chi connectivity index (χ0v) is 30.5. The Balaban J connectivity index is 1.02. The number of carbonyl (C=O) groups is 3. The van der Waals surface area contributed by atoms with Crippen LogP contribution in [0, 0.1) is 0 Å². The third kappa shape index (κ3) is 7.38. The van der Waals surface area contributed by atoms with E-state index in [0.29, 0.717) is 37.6 Å². The summed E-state index contributed by atoms with van der Waals surface area (Å²) in [5.41, 5.74) is 3.59. The van der Waals surface area contributed by atoms with Gasteiger partial charge in [-0.2, -0.15) is 0 Å². The average molecular weight is 706 g/mol. The fourth-order valence-electron chi connectivity index (χ4n) is 7.46. The molecule has 0 saturated carbocycles. The maximum Gasteiger partial charge on any atom is 0.410 e. The van der Waals surface area contributed by atoms with E-state index in [2.05, 4.69) is 15.3 Å². The molecule has 2 saturated heterocycles. The Bertz CT molecular complexity index is 2010. The molecule has 2 N–H and O–H groups in total. The Kier molecular flexibility index (Phi) is 9.76. The number of allylic oxidation sites excluding steroid dienone is 4. The summed E-state index contributed by atoms with van der Waals surface area (Å²) in [5, 5.41) is 3.04. The lowest BCUT2D eigenvalue weighted by molar-refractivity contribution is -0.137. The molecule has 52 heavy (non-hydrogen) atoms. The van der Waals surface area contributed by atoms with Crippen molar-refractivity contribution in [1.29, 1.82) is 0 Å². The smallest absolute Gasteiger partial charge is 0.410 e. The lowest BCUT2D eigenvalue weighted by Gasteiger charge is -2.31.